The third kappa shape index (κ3) is 1.84. The van der Waals surface area contributed by atoms with Crippen LogP contribution in [0.1, 0.15) is 17.0 Å². The van der Waals surface area contributed by atoms with Gasteiger partial charge in [-0.2, -0.15) is 0 Å². The molecule has 1 unspecified atom stereocenters. The van der Waals surface area contributed by atoms with Gasteiger partial charge in [0, 0.05) is 12.0 Å². The Balaban J connectivity index is 0.000000845. The summed E-state index contributed by atoms with van der Waals surface area (Å²) in [6.07, 6.45) is -0.826. The Morgan fingerprint density at radius 3 is 2.08 bits per heavy atom. The molecule has 1 aromatic carbocycles. The summed E-state index contributed by atoms with van der Waals surface area (Å²) in [6.45, 7) is 2.02. The molecule has 1 nitrogen and oxygen atoms in total. The summed E-state index contributed by atoms with van der Waals surface area (Å²) in [5, 5.41) is 0. The SMILES string of the molecule is Cc1ccc(C2[C@@H](N)[C@@H]2F)cc1.Cl. The molecule has 0 bridgehead atoms. The molecule has 3 atom stereocenters. The minimum absolute atomic E-state index is 0. The van der Waals surface area contributed by atoms with Crippen molar-refractivity contribution in [3.8, 4) is 0 Å². The number of hydrogen-bond acceptors (Lipinski definition) is 1. The number of nitrogens with two attached hydrogens (primary N) is 1. The average Bonchev–Trinajstić information content (AvgIpc) is 2.63. The Labute approximate surface area is 83.5 Å². The van der Waals surface area contributed by atoms with E-state index in [4.69, 9.17) is 5.73 Å². The van der Waals surface area contributed by atoms with E-state index in [9.17, 15) is 4.39 Å². The topological polar surface area (TPSA) is 26.0 Å². The Bertz CT molecular complexity index is 277. The summed E-state index contributed by atoms with van der Waals surface area (Å²) in [5.74, 6) is -0.0504. The van der Waals surface area contributed by atoms with Crippen molar-refractivity contribution >= 4 is 12.4 Å². The van der Waals surface area contributed by atoms with Gasteiger partial charge in [-0.05, 0) is 12.5 Å². The zero-order valence-electron chi connectivity index (χ0n) is 7.41. The van der Waals surface area contributed by atoms with E-state index in [-0.39, 0.29) is 24.4 Å². The van der Waals surface area contributed by atoms with Gasteiger partial charge in [0.25, 0.3) is 0 Å². The number of benzene rings is 1. The van der Waals surface area contributed by atoms with Crippen LogP contribution in [0.2, 0.25) is 0 Å². The van der Waals surface area contributed by atoms with Crippen LogP contribution in [0, 0.1) is 6.92 Å². The molecule has 1 fully saturated rings. The highest BCUT2D eigenvalue weighted by molar-refractivity contribution is 5.85. The van der Waals surface area contributed by atoms with Crippen LogP contribution < -0.4 is 5.73 Å². The Morgan fingerprint density at radius 2 is 1.69 bits per heavy atom. The molecule has 0 heterocycles. The molecule has 0 amide bonds. The van der Waals surface area contributed by atoms with Gasteiger partial charge >= 0.3 is 0 Å². The van der Waals surface area contributed by atoms with E-state index >= 15 is 0 Å². The van der Waals surface area contributed by atoms with Gasteiger partial charge in [0.15, 0.2) is 0 Å². The molecule has 1 aliphatic carbocycles. The van der Waals surface area contributed by atoms with E-state index in [1.165, 1.54) is 5.56 Å². The van der Waals surface area contributed by atoms with Gasteiger partial charge in [-0.3, -0.25) is 0 Å². The number of aryl methyl sites for hydroxylation is 1. The van der Waals surface area contributed by atoms with Crippen molar-refractivity contribution in [3.63, 3.8) is 0 Å². The van der Waals surface area contributed by atoms with Gasteiger partial charge < -0.3 is 5.73 Å². The lowest BCUT2D eigenvalue weighted by molar-refractivity contribution is 0.459. The quantitative estimate of drug-likeness (QED) is 0.741. The van der Waals surface area contributed by atoms with Gasteiger partial charge in [-0.25, -0.2) is 4.39 Å². The van der Waals surface area contributed by atoms with Crippen LogP contribution in [0.25, 0.3) is 0 Å². The summed E-state index contributed by atoms with van der Waals surface area (Å²) in [5.41, 5.74) is 7.73. The maximum atomic E-state index is 12.8. The molecule has 72 valence electrons. The second-order valence-electron chi connectivity index (χ2n) is 3.46. The molecule has 3 heteroatoms. The van der Waals surface area contributed by atoms with Crippen molar-refractivity contribution in [2.75, 3.05) is 0 Å². The normalized spacial score (nSPS) is 30.8. The molecule has 0 aromatic heterocycles. The van der Waals surface area contributed by atoms with E-state index in [0.29, 0.717) is 0 Å². The molecular formula is C10H13ClFN. The minimum atomic E-state index is -0.826. The van der Waals surface area contributed by atoms with E-state index < -0.39 is 6.17 Å². The van der Waals surface area contributed by atoms with Gasteiger partial charge in [0.1, 0.15) is 6.17 Å². The summed E-state index contributed by atoms with van der Waals surface area (Å²) < 4.78 is 12.8. The maximum Gasteiger partial charge on any atom is 0.124 e. The van der Waals surface area contributed by atoms with Crippen molar-refractivity contribution in [2.24, 2.45) is 5.73 Å². The molecule has 1 aromatic rings. The van der Waals surface area contributed by atoms with Gasteiger partial charge in [0.05, 0.1) is 0 Å². The van der Waals surface area contributed by atoms with Crippen molar-refractivity contribution < 1.29 is 4.39 Å². The van der Waals surface area contributed by atoms with Crippen LogP contribution >= 0.6 is 12.4 Å². The van der Waals surface area contributed by atoms with Crippen LogP contribution in [0.5, 0.6) is 0 Å². The molecular weight excluding hydrogens is 189 g/mol. The van der Waals surface area contributed by atoms with Crippen molar-refractivity contribution in [1.82, 2.24) is 0 Å². The Morgan fingerprint density at radius 1 is 1.23 bits per heavy atom. The van der Waals surface area contributed by atoms with Crippen LogP contribution in [-0.2, 0) is 0 Å². The van der Waals surface area contributed by atoms with Crippen LogP contribution in [0.3, 0.4) is 0 Å². The van der Waals surface area contributed by atoms with Gasteiger partial charge in [-0.15, -0.1) is 12.4 Å². The number of hydrogen-bond donors (Lipinski definition) is 1. The number of halogens is 2. The molecule has 1 aliphatic rings. The van der Waals surface area contributed by atoms with E-state index in [1.807, 2.05) is 31.2 Å². The zero-order valence-corrected chi connectivity index (χ0v) is 8.22. The second-order valence-corrected chi connectivity index (χ2v) is 3.46. The minimum Gasteiger partial charge on any atom is -0.325 e. The third-order valence-corrected chi connectivity index (χ3v) is 2.45. The van der Waals surface area contributed by atoms with Crippen LogP contribution in [0.4, 0.5) is 4.39 Å². The first-order chi connectivity index (χ1) is 5.70. The van der Waals surface area contributed by atoms with Crippen molar-refractivity contribution in [2.45, 2.75) is 25.1 Å². The fraction of sp³-hybridized carbons (Fsp3) is 0.400. The zero-order chi connectivity index (χ0) is 8.72. The lowest BCUT2D eigenvalue weighted by atomic mass is 10.1. The fourth-order valence-corrected chi connectivity index (χ4v) is 1.49. The second kappa shape index (κ2) is 3.64. The fourth-order valence-electron chi connectivity index (χ4n) is 1.49. The lowest BCUT2D eigenvalue weighted by Gasteiger charge is -1.97. The van der Waals surface area contributed by atoms with E-state index in [1.54, 1.807) is 0 Å². The summed E-state index contributed by atoms with van der Waals surface area (Å²) in [7, 11) is 0. The Kier molecular flexibility index (Phi) is 2.94. The highest BCUT2D eigenvalue weighted by Crippen LogP contribution is 2.42. The highest BCUT2D eigenvalue weighted by Gasteiger charge is 2.49. The Hall–Kier alpha value is -0.600. The molecule has 0 spiro atoms. The molecule has 0 aliphatic heterocycles. The number of rotatable bonds is 1. The van der Waals surface area contributed by atoms with Crippen molar-refractivity contribution in [3.05, 3.63) is 35.4 Å². The summed E-state index contributed by atoms with van der Waals surface area (Å²) >= 11 is 0. The van der Waals surface area contributed by atoms with E-state index in [2.05, 4.69) is 0 Å². The predicted octanol–water partition coefficient (Wildman–Crippen LogP) is 2.18. The highest BCUT2D eigenvalue weighted by atomic mass is 35.5. The molecule has 2 rings (SSSR count). The van der Waals surface area contributed by atoms with Crippen LogP contribution in [-0.4, -0.2) is 12.2 Å². The molecule has 2 N–H and O–H groups in total. The first-order valence-corrected chi connectivity index (χ1v) is 4.16. The molecule has 1 saturated carbocycles. The molecule has 0 radical (unpaired) electrons. The smallest absolute Gasteiger partial charge is 0.124 e. The first kappa shape index (κ1) is 10.5. The summed E-state index contributed by atoms with van der Waals surface area (Å²) in [6, 6.07) is 7.63. The monoisotopic (exact) mass is 201 g/mol. The van der Waals surface area contributed by atoms with Crippen LogP contribution in [0.15, 0.2) is 24.3 Å². The largest absolute Gasteiger partial charge is 0.325 e. The first-order valence-electron chi connectivity index (χ1n) is 4.16. The summed E-state index contributed by atoms with van der Waals surface area (Å²) in [4.78, 5) is 0. The maximum absolute atomic E-state index is 12.8. The van der Waals surface area contributed by atoms with Gasteiger partial charge in [0.2, 0.25) is 0 Å². The standard InChI is InChI=1S/C10H12FN.ClH/c1-6-2-4-7(5-3-6)8-9(11)10(8)12;/h2-5,8-10H,12H2,1H3;1H/t8?,9-,10-;/m1./s1. The van der Waals surface area contributed by atoms with Crippen molar-refractivity contribution in [1.29, 1.82) is 0 Å². The third-order valence-electron chi connectivity index (χ3n) is 2.45. The molecule has 13 heavy (non-hydrogen) atoms. The lowest BCUT2D eigenvalue weighted by Crippen LogP contribution is -2.03. The van der Waals surface area contributed by atoms with Gasteiger partial charge in [-0.1, -0.05) is 29.8 Å². The predicted molar refractivity (Wildman–Crippen MR) is 54.0 cm³/mol. The number of alkyl halides is 1. The molecule has 0 saturated heterocycles. The average molecular weight is 202 g/mol. The van der Waals surface area contributed by atoms with E-state index in [0.717, 1.165) is 5.56 Å².